The molecule has 1 nitrogen and oxygen atoms in total. The van der Waals surface area contributed by atoms with Crippen LogP contribution >= 0.6 is 0 Å². The van der Waals surface area contributed by atoms with E-state index in [9.17, 15) is 0 Å². The molecule has 1 aromatic heterocycles. The fourth-order valence-electron chi connectivity index (χ4n) is 2.08. The topological polar surface area (TPSA) is 4.93 Å². The first-order valence-electron chi connectivity index (χ1n) is 6.10. The molecular formula is C17H14N. The molecule has 0 amide bonds. The molecule has 0 bridgehead atoms. The van der Waals surface area contributed by atoms with Crippen LogP contribution in [0.3, 0.4) is 0 Å². The Morgan fingerprint density at radius 1 is 0.944 bits per heavy atom. The SMILES string of the molecule is [c]1cn(CC=Cc2ccccc2)c2ccccc12. The van der Waals surface area contributed by atoms with E-state index in [2.05, 4.69) is 65.3 Å². The minimum atomic E-state index is 0.874. The summed E-state index contributed by atoms with van der Waals surface area (Å²) in [6, 6.07) is 21.9. The van der Waals surface area contributed by atoms with Gasteiger partial charge in [0.05, 0.1) is 0 Å². The van der Waals surface area contributed by atoms with Crippen molar-refractivity contribution in [2.24, 2.45) is 0 Å². The lowest BCUT2D eigenvalue weighted by Gasteiger charge is -2.00. The smallest absolute Gasteiger partial charge is 0.0489 e. The summed E-state index contributed by atoms with van der Waals surface area (Å²) in [4.78, 5) is 0. The van der Waals surface area contributed by atoms with Gasteiger partial charge < -0.3 is 4.57 Å². The van der Waals surface area contributed by atoms with Gasteiger partial charge in [-0.25, -0.2) is 0 Å². The van der Waals surface area contributed by atoms with Crippen molar-refractivity contribution in [3.8, 4) is 0 Å². The number of hydrogen-bond acceptors (Lipinski definition) is 0. The molecule has 0 saturated carbocycles. The molecule has 87 valence electrons. The van der Waals surface area contributed by atoms with E-state index in [4.69, 9.17) is 0 Å². The van der Waals surface area contributed by atoms with Crippen molar-refractivity contribution in [3.05, 3.63) is 78.5 Å². The van der Waals surface area contributed by atoms with E-state index in [1.54, 1.807) is 0 Å². The zero-order valence-electron chi connectivity index (χ0n) is 10.1. The third-order valence-corrected chi connectivity index (χ3v) is 3.00. The highest BCUT2D eigenvalue weighted by Crippen LogP contribution is 2.14. The summed E-state index contributed by atoms with van der Waals surface area (Å²) in [7, 11) is 0. The first-order valence-corrected chi connectivity index (χ1v) is 6.10. The van der Waals surface area contributed by atoms with E-state index < -0.39 is 0 Å². The highest BCUT2D eigenvalue weighted by molar-refractivity contribution is 5.79. The number of hydrogen-bond donors (Lipinski definition) is 0. The molecule has 0 aliphatic carbocycles. The largest absolute Gasteiger partial charge is 0.343 e. The molecule has 1 heterocycles. The lowest BCUT2D eigenvalue weighted by molar-refractivity contribution is 0.866. The van der Waals surface area contributed by atoms with E-state index in [0.29, 0.717) is 0 Å². The molecule has 0 saturated heterocycles. The van der Waals surface area contributed by atoms with E-state index in [1.165, 1.54) is 16.5 Å². The van der Waals surface area contributed by atoms with Crippen LogP contribution in [0.1, 0.15) is 5.56 Å². The summed E-state index contributed by atoms with van der Waals surface area (Å²) >= 11 is 0. The van der Waals surface area contributed by atoms with Crippen molar-refractivity contribution in [3.63, 3.8) is 0 Å². The number of rotatable bonds is 3. The molecule has 0 atom stereocenters. The zero-order valence-corrected chi connectivity index (χ0v) is 10.1. The molecule has 0 N–H and O–H groups in total. The summed E-state index contributed by atoms with van der Waals surface area (Å²) in [5.41, 5.74) is 2.47. The fourth-order valence-corrected chi connectivity index (χ4v) is 2.08. The van der Waals surface area contributed by atoms with Crippen LogP contribution in [0.5, 0.6) is 0 Å². The van der Waals surface area contributed by atoms with Crippen LogP contribution in [0, 0.1) is 6.07 Å². The van der Waals surface area contributed by atoms with Crippen LogP contribution in [0.25, 0.3) is 17.0 Å². The molecule has 1 radical (unpaired) electrons. The maximum atomic E-state index is 3.27. The molecular weight excluding hydrogens is 218 g/mol. The van der Waals surface area contributed by atoms with Gasteiger partial charge >= 0.3 is 0 Å². The van der Waals surface area contributed by atoms with Gasteiger partial charge in [-0.2, -0.15) is 0 Å². The van der Waals surface area contributed by atoms with E-state index in [1.807, 2.05) is 18.3 Å². The number of fused-ring (bicyclic) bond motifs is 1. The van der Waals surface area contributed by atoms with Crippen molar-refractivity contribution >= 4 is 17.0 Å². The minimum absolute atomic E-state index is 0.874. The van der Waals surface area contributed by atoms with Gasteiger partial charge in [-0.3, -0.25) is 0 Å². The standard InChI is InChI=1S/C17H14N/c1-2-7-15(8-3-1)9-6-13-18-14-12-16-10-4-5-11-17(16)18/h1-11,14H,13H2. The highest BCUT2D eigenvalue weighted by atomic mass is 14.9. The van der Waals surface area contributed by atoms with Gasteiger partial charge in [-0.15, -0.1) is 0 Å². The molecule has 3 rings (SSSR count). The summed E-state index contributed by atoms with van der Waals surface area (Å²) in [6.45, 7) is 0.874. The number of allylic oxidation sites excluding steroid dienone is 1. The van der Waals surface area contributed by atoms with Crippen LogP contribution in [-0.4, -0.2) is 4.57 Å². The van der Waals surface area contributed by atoms with Crippen LogP contribution in [0.2, 0.25) is 0 Å². The third-order valence-electron chi connectivity index (χ3n) is 3.00. The molecule has 0 fully saturated rings. The predicted octanol–water partition coefficient (Wildman–Crippen LogP) is 4.15. The molecule has 2 aromatic carbocycles. The van der Waals surface area contributed by atoms with E-state index in [0.717, 1.165) is 6.54 Å². The second-order valence-corrected chi connectivity index (χ2v) is 4.26. The molecule has 18 heavy (non-hydrogen) atoms. The Morgan fingerprint density at radius 2 is 1.72 bits per heavy atom. The van der Waals surface area contributed by atoms with Gasteiger partial charge in [0.2, 0.25) is 0 Å². The van der Waals surface area contributed by atoms with Gasteiger partial charge in [0, 0.05) is 29.7 Å². The van der Waals surface area contributed by atoms with Gasteiger partial charge in [-0.1, -0.05) is 60.7 Å². The van der Waals surface area contributed by atoms with E-state index in [-0.39, 0.29) is 0 Å². The summed E-state index contributed by atoms with van der Waals surface area (Å²) < 4.78 is 2.20. The molecule has 3 aromatic rings. The monoisotopic (exact) mass is 232 g/mol. The van der Waals surface area contributed by atoms with Crippen LogP contribution in [0.4, 0.5) is 0 Å². The van der Waals surface area contributed by atoms with Gasteiger partial charge in [0.1, 0.15) is 0 Å². The van der Waals surface area contributed by atoms with Crippen LogP contribution in [0.15, 0.2) is 66.9 Å². The zero-order chi connectivity index (χ0) is 12.2. The van der Waals surface area contributed by atoms with Crippen LogP contribution < -0.4 is 0 Å². The van der Waals surface area contributed by atoms with Crippen molar-refractivity contribution in [2.45, 2.75) is 6.54 Å². The number of benzene rings is 2. The summed E-state index contributed by atoms with van der Waals surface area (Å²) in [5, 5.41) is 1.17. The lowest BCUT2D eigenvalue weighted by atomic mass is 10.2. The predicted molar refractivity (Wildman–Crippen MR) is 76.3 cm³/mol. The minimum Gasteiger partial charge on any atom is -0.343 e. The Hall–Kier alpha value is -2.28. The maximum Gasteiger partial charge on any atom is 0.0489 e. The Labute approximate surface area is 107 Å². The Kier molecular flexibility index (Phi) is 2.97. The lowest BCUT2D eigenvalue weighted by Crippen LogP contribution is -1.91. The maximum absolute atomic E-state index is 3.27. The van der Waals surface area contributed by atoms with Crippen molar-refractivity contribution < 1.29 is 0 Å². The molecule has 0 aliphatic rings. The van der Waals surface area contributed by atoms with Gasteiger partial charge in [-0.05, 0) is 11.6 Å². The first kappa shape index (κ1) is 10.8. The molecule has 0 spiro atoms. The fraction of sp³-hybridized carbons (Fsp3) is 0.0588. The average Bonchev–Trinajstić information content (AvgIpc) is 2.84. The van der Waals surface area contributed by atoms with Crippen molar-refractivity contribution in [2.75, 3.05) is 0 Å². The van der Waals surface area contributed by atoms with Gasteiger partial charge in [0.25, 0.3) is 0 Å². The molecule has 0 unspecified atom stereocenters. The second kappa shape index (κ2) is 4.92. The number of aromatic nitrogens is 1. The van der Waals surface area contributed by atoms with Crippen molar-refractivity contribution in [1.82, 2.24) is 4.57 Å². The van der Waals surface area contributed by atoms with Crippen molar-refractivity contribution in [1.29, 1.82) is 0 Å². The van der Waals surface area contributed by atoms with Gasteiger partial charge in [0.15, 0.2) is 0 Å². The summed E-state index contributed by atoms with van der Waals surface area (Å²) in [6.07, 6.45) is 6.34. The van der Waals surface area contributed by atoms with Crippen LogP contribution in [-0.2, 0) is 6.54 Å². The average molecular weight is 232 g/mol. The van der Waals surface area contributed by atoms with E-state index >= 15 is 0 Å². The quantitative estimate of drug-likeness (QED) is 0.639. The number of para-hydroxylation sites is 1. The third kappa shape index (κ3) is 2.21. The molecule has 1 heteroatoms. The molecule has 0 aliphatic heterocycles. The number of nitrogens with zero attached hydrogens (tertiary/aromatic N) is 1. The summed E-state index contributed by atoms with van der Waals surface area (Å²) in [5.74, 6) is 0. The Bertz CT molecular complexity index is 662. The normalized spacial score (nSPS) is 11.3. The first-order chi connectivity index (χ1) is 8.93. The Balaban J connectivity index is 1.79. The highest BCUT2D eigenvalue weighted by Gasteiger charge is 1.97. The Morgan fingerprint density at radius 3 is 2.61 bits per heavy atom. The second-order valence-electron chi connectivity index (χ2n) is 4.26.